The van der Waals surface area contributed by atoms with Crippen molar-refractivity contribution in [2.75, 3.05) is 11.9 Å². The van der Waals surface area contributed by atoms with Gasteiger partial charge in [0.05, 0.1) is 16.3 Å². The Labute approximate surface area is 93.1 Å². The Kier molecular flexibility index (Phi) is 2.46. The van der Waals surface area contributed by atoms with Crippen molar-refractivity contribution in [1.82, 2.24) is 0 Å². The molecule has 1 aliphatic heterocycles. The Hall–Kier alpha value is -1.43. The molecule has 1 heterocycles. The number of ether oxygens (including phenoxy) is 1. The Balaban J connectivity index is 2.52. The summed E-state index contributed by atoms with van der Waals surface area (Å²) in [5, 5.41) is 2.09. The van der Waals surface area contributed by atoms with Gasteiger partial charge in [0.25, 0.3) is 5.91 Å². The molecule has 1 N–H and O–H groups in total. The van der Waals surface area contributed by atoms with Crippen LogP contribution in [0.1, 0.15) is 5.56 Å². The number of alkyl halides is 3. The van der Waals surface area contributed by atoms with E-state index in [0.717, 1.165) is 12.1 Å². The van der Waals surface area contributed by atoms with Crippen molar-refractivity contribution in [3.8, 4) is 5.75 Å². The van der Waals surface area contributed by atoms with E-state index in [1.807, 2.05) is 0 Å². The van der Waals surface area contributed by atoms with Crippen molar-refractivity contribution in [2.24, 2.45) is 0 Å². The first-order chi connectivity index (χ1) is 7.38. The molecule has 7 heteroatoms. The third-order valence-electron chi connectivity index (χ3n) is 1.99. The quantitative estimate of drug-likeness (QED) is 0.770. The van der Waals surface area contributed by atoms with Gasteiger partial charge in [-0.2, -0.15) is 13.2 Å². The number of fused-ring (bicyclic) bond motifs is 1. The molecule has 3 nitrogen and oxygen atoms in total. The lowest BCUT2D eigenvalue weighted by Gasteiger charge is -2.20. The molecule has 1 amide bonds. The first-order valence-electron chi connectivity index (χ1n) is 4.21. The molecule has 0 unspecified atom stereocenters. The van der Waals surface area contributed by atoms with Crippen molar-refractivity contribution in [3.63, 3.8) is 0 Å². The second-order valence-electron chi connectivity index (χ2n) is 3.17. The van der Waals surface area contributed by atoms with Crippen molar-refractivity contribution in [3.05, 3.63) is 22.7 Å². The lowest BCUT2D eigenvalue weighted by molar-refractivity contribution is -0.137. The van der Waals surface area contributed by atoms with Crippen LogP contribution in [0.15, 0.2) is 12.1 Å². The second kappa shape index (κ2) is 3.55. The molecule has 0 saturated carbocycles. The van der Waals surface area contributed by atoms with Crippen LogP contribution in [0.25, 0.3) is 0 Å². The average molecular weight is 252 g/mol. The van der Waals surface area contributed by atoms with Crippen molar-refractivity contribution in [1.29, 1.82) is 0 Å². The SMILES string of the molecule is O=C1COc2c(Cl)cc(C(F)(F)F)cc2N1. The molecular weight excluding hydrogens is 247 g/mol. The van der Waals surface area contributed by atoms with Crippen LogP contribution in [0, 0.1) is 0 Å². The van der Waals surface area contributed by atoms with Gasteiger partial charge in [0.1, 0.15) is 0 Å². The van der Waals surface area contributed by atoms with E-state index >= 15 is 0 Å². The molecule has 0 spiro atoms. The van der Waals surface area contributed by atoms with E-state index in [1.165, 1.54) is 0 Å². The van der Waals surface area contributed by atoms with Gasteiger partial charge in [0.15, 0.2) is 12.4 Å². The van der Waals surface area contributed by atoms with Gasteiger partial charge in [-0.05, 0) is 12.1 Å². The Bertz CT molecular complexity index is 459. The number of halogens is 4. The molecule has 0 aliphatic carbocycles. The summed E-state index contributed by atoms with van der Waals surface area (Å²) in [6.45, 7) is -0.252. The number of nitrogens with one attached hydrogen (secondary N) is 1. The van der Waals surface area contributed by atoms with Crippen LogP contribution < -0.4 is 10.1 Å². The van der Waals surface area contributed by atoms with Crippen molar-refractivity contribution >= 4 is 23.2 Å². The minimum atomic E-state index is -4.51. The third kappa shape index (κ3) is 1.92. The fourth-order valence-electron chi connectivity index (χ4n) is 1.32. The maximum absolute atomic E-state index is 12.4. The highest BCUT2D eigenvalue weighted by atomic mass is 35.5. The average Bonchev–Trinajstić information content (AvgIpc) is 2.15. The monoisotopic (exact) mass is 251 g/mol. The summed E-state index contributed by atoms with van der Waals surface area (Å²) in [5.74, 6) is -0.447. The number of anilines is 1. The fourth-order valence-corrected chi connectivity index (χ4v) is 1.59. The van der Waals surface area contributed by atoms with Gasteiger partial charge in [0, 0.05) is 0 Å². The van der Waals surface area contributed by atoms with Gasteiger partial charge in [-0.15, -0.1) is 0 Å². The van der Waals surface area contributed by atoms with Crippen LogP contribution in [-0.4, -0.2) is 12.5 Å². The molecule has 0 atom stereocenters. The number of hydrogen-bond acceptors (Lipinski definition) is 2. The zero-order valence-electron chi connectivity index (χ0n) is 7.69. The molecule has 1 aliphatic rings. The summed E-state index contributed by atoms with van der Waals surface area (Å²) >= 11 is 5.62. The summed E-state index contributed by atoms with van der Waals surface area (Å²) in [4.78, 5) is 10.9. The minimum Gasteiger partial charge on any atom is -0.480 e. The zero-order valence-corrected chi connectivity index (χ0v) is 8.45. The molecule has 0 saturated heterocycles. The van der Waals surface area contributed by atoms with Gasteiger partial charge >= 0.3 is 6.18 Å². The van der Waals surface area contributed by atoms with Crippen LogP contribution in [-0.2, 0) is 11.0 Å². The van der Waals surface area contributed by atoms with E-state index < -0.39 is 17.6 Å². The molecule has 2 rings (SSSR count). The van der Waals surface area contributed by atoms with E-state index in [9.17, 15) is 18.0 Å². The van der Waals surface area contributed by atoms with Crippen molar-refractivity contribution < 1.29 is 22.7 Å². The maximum atomic E-state index is 12.4. The van der Waals surface area contributed by atoms with Gasteiger partial charge in [-0.3, -0.25) is 4.79 Å². The predicted octanol–water partition coefficient (Wildman–Crippen LogP) is 2.69. The molecule has 0 aromatic heterocycles. The molecule has 86 valence electrons. The molecule has 1 aromatic carbocycles. The summed E-state index contributed by atoms with van der Waals surface area (Å²) in [7, 11) is 0. The van der Waals surface area contributed by atoms with Gasteiger partial charge in [-0.25, -0.2) is 0 Å². The fraction of sp³-hybridized carbons (Fsp3) is 0.222. The number of benzene rings is 1. The number of amides is 1. The molecule has 16 heavy (non-hydrogen) atoms. The summed E-state index contributed by atoms with van der Waals surface area (Å²) in [6, 6.07) is 1.55. The van der Waals surface area contributed by atoms with Crippen LogP contribution in [0.2, 0.25) is 5.02 Å². The highest BCUT2D eigenvalue weighted by Gasteiger charge is 2.33. The van der Waals surface area contributed by atoms with Crippen LogP contribution in [0.3, 0.4) is 0 Å². The smallest absolute Gasteiger partial charge is 0.416 e. The van der Waals surface area contributed by atoms with E-state index in [1.54, 1.807) is 0 Å². The molecule has 0 fully saturated rings. The highest BCUT2D eigenvalue weighted by molar-refractivity contribution is 6.32. The van der Waals surface area contributed by atoms with E-state index in [-0.39, 0.29) is 23.1 Å². The summed E-state index contributed by atoms with van der Waals surface area (Å²) in [6.07, 6.45) is -4.51. The van der Waals surface area contributed by atoms with E-state index in [2.05, 4.69) is 5.32 Å². The van der Waals surface area contributed by atoms with Crippen molar-refractivity contribution in [2.45, 2.75) is 6.18 Å². The van der Waals surface area contributed by atoms with E-state index in [0.29, 0.717) is 0 Å². The van der Waals surface area contributed by atoms with Crippen LogP contribution in [0.5, 0.6) is 5.75 Å². The number of carbonyl (C=O) groups excluding carboxylic acids is 1. The molecule has 0 radical (unpaired) electrons. The number of rotatable bonds is 0. The number of carbonyl (C=O) groups is 1. The lowest BCUT2D eigenvalue weighted by Crippen LogP contribution is -2.26. The second-order valence-corrected chi connectivity index (χ2v) is 3.58. The zero-order chi connectivity index (χ0) is 11.9. The third-order valence-corrected chi connectivity index (χ3v) is 2.27. The summed E-state index contributed by atoms with van der Waals surface area (Å²) < 4.78 is 42.2. The van der Waals surface area contributed by atoms with Crippen LogP contribution >= 0.6 is 11.6 Å². The largest absolute Gasteiger partial charge is 0.480 e. The predicted molar refractivity (Wildman–Crippen MR) is 50.6 cm³/mol. The summed E-state index contributed by atoms with van der Waals surface area (Å²) in [5.41, 5.74) is -0.988. The van der Waals surface area contributed by atoms with Gasteiger partial charge < -0.3 is 10.1 Å². The van der Waals surface area contributed by atoms with Crippen LogP contribution in [0.4, 0.5) is 18.9 Å². The van der Waals surface area contributed by atoms with Gasteiger partial charge in [-0.1, -0.05) is 11.6 Å². The normalized spacial score (nSPS) is 15.1. The molecular formula is C9H5ClF3NO2. The molecule has 0 bridgehead atoms. The molecule has 1 aromatic rings. The first-order valence-corrected chi connectivity index (χ1v) is 4.59. The first kappa shape index (κ1) is 11.1. The lowest BCUT2D eigenvalue weighted by atomic mass is 10.1. The Morgan fingerprint density at radius 2 is 2.06 bits per heavy atom. The van der Waals surface area contributed by atoms with E-state index in [4.69, 9.17) is 16.3 Å². The maximum Gasteiger partial charge on any atom is 0.416 e. The topological polar surface area (TPSA) is 38.3 Å². The van der Waals surface area contributed by atoms with Gasteiger partial charge in [0.2, 0.25) is 0 Å². The number of hydrogen-bond donors (Lipinski definition) is 1. The Morgan fingerprint density at radius 1 is 1.38 bits per heavy atom. The highest BCUT2D eigenvalue weighted by Crippen LogP contribution is 2.41. The standard InChI is InChI=1S/C9H5ClF3NO2/c10-5-1-4(9(11,12)13)2-6-8(5)16-3-7(15)14-6/h1-2H,3H2,(H,14,15). The Morgan fingerprint density at radius 3 is 2.69 bits per heavy atom. The minimum absolute atomic E-state index is 0.0592.